The topological polar surface area (TPSA) is 52.0 Å². The van der Waals surface area contributed by atoms with Gasteiger partial charge in [-0.1, -0.05) is 30.3 Å². The van der Waals surface area contributed by atoms with Crippen LogP contribution in [0.2, 0.25) is 0 Å². The van der Waals surface area contributed by atoms with Gasteiger partial charge in [-0.2, -0.15) is 10.1 Å². The van der Waals surface area contributed by atoms with Crippen LogP contribution in [0.25, 0.3) is 0 Å². The van der Waals surface area contributed by atoms with E-state index in [4.69, 9.17) is 4.74 Å². The number of nitrogens with zero attached hydrogens (tertiary/aromatic N) is 3. The van der Waals surface area contributed by atoms with E-state index >= 15 is 0 Å². The third kappa shape index (κ3) is 1.78. The van der Waals surface area contributed by atoms with Gasteiger partial charge < -0.3 is 10.1 Å². The van der Waals surface area contributed by atoms with Crippen LogP contribution in [0.4, 0.5) is 5.95 Å². The minimum absolute atomic E-state index is 0.0565. The van der Waals surface area contributed by atoms with Crippen LogP contribution in [-0.4, -0.2) is 21.9 Å². The molecule has 3 rings (SSSR count). The van der Waals surface area contributed by atoms with E-state index in [1.807, 2.05) is 18.2 Å². The molecule has 1 aromatic carbocycles. The maximum atomic E-state index is 5.45. The van der Waals surface area contributed by atoms with Gasteiger partial charge in [0.25, 0.3) is 0 Å². The van der Waals surface area contributed by atoms with E-state index in [0.717, 1.165) is 12.4 Å². The highest BCUT2D eigenvalue weighted by Crippen LogP contribution is 2.33. The monoisotopic (exact) mass is 230 g/mol. The van der Waals surface area contributed by atoms with Gasteiger partial charge in [0.15, 0.2) is 6.23 Å². The largest absolute Gasteiger partial charge is 0.359 e. The number of fused-ring (bicyclic) bond motifs is 1. The number of nitrogens with one attached hydrogen (secondary N) is 1. The highest BCUT2D eigenvalue weighted by Gasteiger charge is 2.28. The summed E-state index contributed by atoms with van der Waals surface area (Å²) in [6.07, 6.45) is 2.33. The summed E-state index contributed by atoms with van der Waals surface area (Å²) in [5.41, 5.74) is 1.24. The summed E-state index contributed by atoms with van der Waals surface area (Å²) in [6, 6.07) is 10.5. The molecule has 2 aromatic rings. The zero-order chi connectivity index (χ0) is 11.7. The molecule has 2 unspecified atom stereocenters. The number of hydrogen-bond donors (Lipinski definition) is 1. The second kappa shape index (κ2) is 4.18. The SMILES string of the molecule is COC1CC(c2ccccc2)Nc2ncnn21. The number of methoxy groups -OCH3 is 1. The van der Waals surface area contributed by atoms with Gasteiger partial charge in [0, 0.05) is 13.5 Å². The van der Waals surface area contributed by atoms with E-state index in [1.165, 1.54) is 5.56 Å². The number of hydrogen-bond acceptors (Lipinski definition) is 4. The number of anilines is 1. The molecule has 0 radical (unpaired) electrons. The molecular weight excluding hydrogens is 216 g/mol. The van der Waals surface area contributed by atoms with E-state index < -0.39 is 0 Å². The fourth-order valence-electron chi connectivity index (χ4n) is 2.18. The first-order valence-corrected chi connectivity index (χ1v) is 5.62. The zero-order valence-electron chi connectivity index (χ0n) is 9.58. The fourth-order valence-corrected chi connectivity index (χ4v) is 2.18. The number of ether oxygens (including phenoxy) is 1. The number of rotatable bonds is 2. The molecule has 2 atom stereocenters. The first-order valence-electron chi connectivity index (χ1n) is 5.62. The van der Waals surface area contributed by atoms with Gasteiger partial charge in [-0.15, -0.1) is 0 Å². The van der Waals surface area contributed by atoms with E-state index in [9.17, 15) is 0 Å². The summed E-state index contributed by atoms with van der Waals surface area (Å²) in [6.45, 7) is 0. The van der Waals surface area contributed by atoms with Gasteiger partial charge in [-0.3, -0.25) is 0 Å². The summed E-state index contributed by atoms with van der Waals surface area (Å²) < 4.78 is 7.23. The highest BCUT2D eigenvalue weighted by molar-refractivity contribution is 5.34. The quantitative estimate of drug-likeness (QED) is 0.857. The molecule has 1 aliphatic heterocycles. The van der Waals surface area contributed by atoms with Gasteiger partial charge in [0.1, 0.15) is 6.33 Å². The Hall–Kier alpha value is -1.88. The smallest absolute Gasteiger partial charge is 0.224 e. The van der Waals surface area contributed by atoms with Gasteiger partial charge >= 0.3 is 0 Å². The molecule has 2 heterocycles. The molecule has 5 nitrogen and oxygen atoms in total. The van der Waals surface area contributed by atoms with Gasteiger partial charge in [-0.05, 0) is 5.56 Å². The average molecular weight is 230 g/mol. The van der Waals surface area contributed by atoms with Crippen molar-refractivity contribution in [1.82, 2.24) is 14.8 Å². The van der Waals surface area contributed by atoms with E-state index in [0.29, 0.717) is 0 Å². The lowest BCUT2D eigenvalue weighted by atomic mass is 10.0. The number of aromatic nitrogens is 3. The number of benzene rings is 1. The third-order valence-electron chi connectivity index (χ3n) is 3.06. The molecule has 0 aliphatic carbocycles. The Labute approximate surface area is 99.4 Å². The lowest BCUT2D eigenvalue weighted by Gasteiger charge is -2.30. The van der Waals surface area contributed by atoms with Crippen LogP contribution in [-0.2, 0) is 4.74 Å². The Balaban J connectivity index is 1.92. The fraction of sp³-hybridized carbons (Fsp3) is 0.333. The van der Waals surface area contributed by atoms with Crippen LogP contribution in [0.5, 0.6) is 0 Å². The molecule has 0 bridgehead atoms. The standard InChI is InChI=1S/C12H14N4O/c1-17-11-7-10(9-5-3-2-4-6-9)15-12-13-8-14-16(11)12/h2-6,8,10-11H,7H2,1H3,(H,13,14,15). The van der Waals surface area contributed by atoms with Crippen molar-refractivity contribution in [2.45, 2.75) is 18.7 Å². The Morgan fingerprint density at radius 1 is 1.35 bits per heavy atom. The van der Waals surface area contributed by atoms with Gasteiger partial charge in [0.2, 0.25) is 5.95 Å². The van der Waals surface area contributed by atoms with Crippen LogP contribution < -0.4 is 5.32 Å². The van der Waals surface area contributed by atoms with Gasteiger partial charge in [-0.25, -0.2) is 4.68 Å². The molecular formula is C12H14N4O. The molecule has 0 fully saturated rings. The molecule has 0 saturated carbocycles. The Morgan fingerprint density at radius 3 is 2.94 bits per heavy atom. The van der Waals surface area contributed by atoms with Crippen LogP contribution in [0.15, 0.2) is 36.7 Å². The van der Waals surface area contributed by atoms with Crippen LogP contribution in [0, 0.1) is 0 Å². The van der Waals surface area contributed by atoms with Crippen LogP contribution in [0.1, 0.15) is 24.3 Å². The molecule has 88 valence electrons. The van der Waals surface area contributed by atoms with E-state index in [-0.39, 0.29) is 12.3 Å². The maximum absolute atomic E-state index is 5.45. The van der Waals surface area contributed by atoms with Crippen molar-refractivity contribution in [1.29, 1.82) is 0 Å². The molecule has 0 amide bonds. The normalized spacial score (nSPS) is 22.9. The maximum Gasteiger partial charge on any atom is 0.224 e. The van der Waals surface area contributed by atoms with Crippen molar-refractivity contribution in [2.24, 2.45) is 0 Å². The average Bonchev–Trinajstić information content (AvgIpc) is 2.86. The summed E-state index contributed by atoms with van der Waals surface area (Å²) in [4.78, 5) is 4.19. The second-order valence-electron chi connectivity index (χ2n) is 4.06. The van der Waals surface area contributed by atoms with Crippen molar-refractivity contribution in [3.8, 4) is 0 Å². The first kappa shape index (κ1) is 10.3. The summed E-state index contributed by atoms with van der Waals surface area (Å²) >= 11 is 0. The Kier molecular flexibility index (Phi) is 2.53. The highest BCUT2D eigenvalue weighted by atomic mass is 16.5. The summed E-state index contributed by atoms with van der Waals surface area (Å²) in [5, 5.41) is 7.52. The van der Waals surface area contributed by atoms with E-state index in [2.05, 4.69) is 27.5 Å². The van der Waals surface area contributed by atoms with Crippen molar-refractivity contribution in [2.75, 3.05) is 12.4 Å². The molecule has 1 aromatic heterocycles. The van der Waals surface area contributed by atoms with Crippen molar-refractivity contribution in [3.05, 3.63) is 42.2 Å². The molecule has 1 aliphatic rings. The second-order valence-corrected chi connectivity index (χ2v) is 4.06. The zero-order valence-corrected chi connectivity index (χ0v) is 9.58. The van der Waals surface area contributed by atoms with E-state index in [1.54, 1.807) is 18.1 Å². The van der Waals surface area contributed by atoms with Crippen LogP contribution >= 0.6 is 0 Å². The van der Waals surface area contributed by atoms with Gasteiger partial charge in [0.05, 0.1) is 6.04 Å². The lowest BCUT2D eigenvalue weighted by Crippen LogP contribution is -2.28. The lowest BCUT2D eigenvalue weighted by molar-refractivity contribution is 0.0181. The molecule has 17 heavy (non-hydrogen) atoms. The Bertz CT molecular complexity index is 496. The van der Waals surface area contributed by atoms with Crippen molar-refractivity contribution in [3.63, 3.8) is 0 Å². The summed E-state index contributed by atoms with van der Waals surface area (Å²) in [5.74, 6) is 0.761. The first-order chi connectivity index (χ1) is 8.38. The predicted octanol–water partition coefficient (Wildman–Crippen LogP) is 1.98. The minimum Gasteiger partial charge on any atom is -0.359 e. The molecule has 1 N–H and O–H groups in total. The summed E-state index contributed by atoms with van der Waals surface area (Å²) in [7, 11) is 1.70. The van der Waals surface area contributed by atoms with Crippen molar-refractivity contribution >= 4 is 5.95 Å². The third-order valence-corrected chi connectivity index (χ3v) is 3.06. The predicted molar refractivity (Wildman–Crippen MR) is 63.5 cm³/mol. The van der Waals surface area contributed by atoms with Crippen LogP contribution in [0.3, 0.4) is 0 Å². The molecule has 0 saturated heterocycles. The molecule has 0 spiro atoms. The minimum atomic E-state index is -0.0565. The van der Waals surface area contributed by atoms with Crippen molar-refractivity contribution < 1.29 is 4.74 Å². The molecule has 5 heteroatoms. The Morgan fingerprint density at radius 2 is 2.18 bits per heavy atom.